The Balaban J connectivity index is 2.64. The lowest BCUT2D eigenvalue weighted by molar-refractivity contribution is -0.140. The highest BCUT2D eigenvalue weighted by molar-refractivity contribution is 7.89. The lowest BCUT2D eigenvalue weighted by Gasteiger charge is -2.27. The van der Waals surface area contributed by atoms with E-state index < -0.39 is 22.0 Å². The molecular formula is C13H25NO4S. The smallest absolute Gasteiger partial charge is 0.322 e. The van der Waals surface area contributed by atoms with Gasteiger partial charge in [-0.1, -0.05) is 33.1 Å². The van der Waals surface area contributed by atoms with Crippen molar-refractivity contribution in [1.82, 2.24) is 4.72 Å². The Morgan fingerprint density at radius 3 is 2.32 bits per heavy atom. The third-order valence-corrected chi connectivity index (χ3v) is 5.04. The minimum atomic E-state index is -3.50. The molecule has 1 atom stereocenters. The van der Waals surface area contributed by atoms with Gasteiger partial charge in [0.1, 0.15) is 6.04 Å². The average molecular weight is 291 g/mol. The first kappa shape index (κ1) is 16.4. The molecule has 1 rings (SSSR count). The van der Waals surface area contributed by atoms with Gasteiger partial charge < -0.3 is 5.11 Å². The number of nitrogens with one attached hydrogen (secondary N) is 1. The fourth-order valence-electron chi connectivity index (χ4n) is 2.46. The second-order valence-corrected chi connectivity index (χ2v) is 7.71. The number of hydrogen-bond acceptors (Lipinski definition) is 3. The van der Waals surface area contributed by atoms with Crippen molar-refractivity contribution in [2.75, 3.05) is 5.75 Å². The van der Waals surface area contributed by atoms with Gasteiger partial charge in [-0.25, -0.2) is 13.1 Å². The Labute approximate surface area is 115 Å². The zero-order valence-corrected chi connectivity index (χ0v) is 12.6. The van der Waals surface area contributed by atoms with E-state index in [1.54, 1.807) is 0 Å². The van der Waals surface area contributed by atoms with Crippen LogP contribution in [0, 0.1) is 11.8 Å². The highest BCUT2D eigenvalue weighted by Gasteiger charge is 2.32. The minimum absolute atomic E-state index is 0.00116. The summed E-state index contributed by atoms with van der Waals surface area (Å²) in [6, 6.07) is -0.961. The Bertz CT molecular complexity index is 385. The predicted octanol–water partition coefficient (Wildman–Crippen LogP) is 1.99. The molecule has 0 aromatic heterocycles. The molecule has 1 saturated carbocycles. The summed E-state index contributed by atoms with van der Waals surface area (Å²) in [5.41, 5.74) is 0. The first-order chi connectivity index (χ1) is 8.82. The number of rotatable bonds is 7. The van der Waals surface area contributed by atoms with E-state index >= 15 is 0 Å². The number of carboxylic acid groups (broad SMARTS) is 1. The van der Waals surface area contributed by atoms with Crippen LogP contribution in [0.25, 0.3) is 0 Å². The maximum absolute atomic E-state index is 11.9. The lowest BCUT2D eigenvalue weighted by atomic mass is 9.84. The second-order valence-electron chi connectivity index (χ2n) is 5.83. The molecule has 0 aliphatic heterocycles. The van der Waals surface area contributed by atoms with Gasteiger partial charge in [0.15, 0.2) is 0 Å². The fraction of sp³-hybridized carbons (Fsp3) is 0.923. The van der Waals surface area contributed by atoms with E-state index in [9.17, 15) is 18.3 Å². The van der Waals surface area contributed by atoms with Gasteiger partial charge in [0.2, 0.25) is 10.0 Å². The highest BCUT2D eigenvalue weighted by atomic mass is 32.2. The molecule has 0 amide bonds. The van der Waals surface area contributed by atoms with Crippen molar-refractivity contribution in [3.8, 4) is 0 Å². The monoisotopic (exact) mass is 291 g/mol. The number of sulfonamides is 1. The van der Waals surface area contributed by atoms with Crippen LogP contribution in [0.4, 0.5) is 0 Å². The number of carboxylic acids is 1. The molecule has 19 heavy (non-hydrogen) atoms. The molecule has 0 heterocycles. The quantitative estimate of drug-likeness (QED) is 0.751. The molecule has 2 N–H and O–H groups in total. The van der Waals surface area contributed by atoms with Crippen molar-refractivity contribution < 1.29 is 18.3 Å². The summed E-state index contributed by atoms with van der Waals surface area (Å²) in [4.78, 5) is 11.3. The predicted molar refractivity (Wildman–Crippen MR) is 74.4 cm³/mol. The molecule has 1 fully saturated rings. The van der Waals surface area contributed by atoms with Crippen molar-refractivity contribution >= 4 is 16.0 Å². The van der Waals surface area contributed by atoms with Crippen LogP contribution in [0.3, 0.4) is 0 Å². The maximum Gasteiger partial charge on any atom is 0.322 e. The van der Waals surface area contributed by atoms with Crippen molar-refractivity contribution in [3.63, 3.8) is 0 Å². The van der Waals surface area contributed by atoms with Crippen LogP contribution < -0.4 is 4.72 Å². The zero-order chi connectivity index (χ0) is 14.5. The topological polar surface area (TPSA) is 83.5 Å². The first-order valence-corrected chi connectivity index (χ1v) is 8.70. The van der Waals surface area contributed by atoms with E-state index in [1.807, 2.05) is 13.8 Å². The van der Waals surface area contributed by atoms with Crippen molar-refractivity contribution in [3.05, 3.63) is 0 Å². The normalized spacial score (nSPS) is 19.5. The summed E-state index contributed by atoms with van der Waals surface area (Å²) >= 11 is 0. The molecule has 5 nitrogen and oxygen atoms in total. The Morgan fingerprint density at radius 1 is 1.26 bits per heavy atom. The number of hydrogen-bond donors (Lipinski definition) is 2. The van der Waals surface area contributed by atoms with Gasteiger partial charge in [-0.2, -0.15) is 0 Å². The van der Waals surface area contributed by atoms with Crippen LogP contribution >= 0.6 is 0 Å². The molecule has 0 aromatic carbocycles. The summed E-state index contributed by atoms with van der Waals surface area (Å²) in [6.07, 6.45) is 5.23. The van der Waals surface area contributed by atoms with Crippen molar-refractivity contribution in [1.29, 1.82) is 0 Å². The summed E-state index contributed by atoms with van der Waals surface area (Å²) in [5, 5.41) is 9.24. The molecule has 1 unspecified atom stereocenters. The largest absolute Gasteiger partial charge is 0.480 e. The van der Waals surface area contributed by atoms with Gasteiger partial charge in [-0.05, 0) is 31.1 Å². The van der Waals surface area contributed by atoms with E-state index in [1.165, 1.54) is 0 Å². The standard InChI is InChI=1S/C13H25NO4S/c1-10(2)8-9-19(17,18)14-12(13(15)16)11-6-4-3-5-7-11/h10-12,14H,3-9H2,1-2H3,(H,15,16). The SMILES string of the molecule is CC(C)CCS(=O)(=O)NC(C(=O)O)C1CCCCC1. The van der Waals surface area contributed by atoms with Crippen LogP contribution in [-0.2, 0) is 14.8 Å². The highest BCUT2D eigenvalue weighted by Crippen LogP contribution is 2.27. The molecule has 0 spiro atoms. The molecule has 6 heteroatoms. The fourth-order valence-corrected chi connectivity index (χ4v) is 4.04. The van der Waals surface area contributed by atoms with Gasteiger partial charge in [0.05, 0.1) is 5.75 Å². The Morgan fingerprint density at radius 2 is 1.84 bits per heavy atom. The molecule has 112 valence electrons. The third kappa shape index (κ3) is 5.91. The summed E-state index contributed by atoms with van der Waals surface area (Å²) in [7, 11) is -3.50. The van der Waals surface area contributed by atoms with Gasteiger partial charge in [-0.3, -0.25) is 4.79 Å². The minimum Gasteiger partial charge on any atom is -0.480 e. The zero-order valence-electron chi connectivity index (χ0n) is 11.8. The molecular weight excluding hydrogens is 266 g/mol. The molecule has 0 saturated heterocycles. The van der Waals surface area contributed by atoms with Crippen LogP contribution in [0.2, 0.25) is 0 Å². The van der Waals surface area contributed by atoms with Crippen molar-refractivity contribution in [2.45, 2.75) is 58.4 Å². The molecule has 0 bridgehead atoms. The number of carbonyl (C=O) groups is 1. The van der Waals surface area contributed by atoms with E-state index in [4.69, 9.17) is 0 Å². The molecule has 0 aromatic rings. The average Bonchev–Trinajstić information content (AvgIpc) is 2.35. The maximum atomic E-state index is 11.9. The van der Waals surface area contributed by atoms with Crippen LogP contribution in [0.1, 0.15) is 52.4 Å². The first-order valence-electron chi connectivity index (χ1n) is 7.04. The Kier molecular flexibility index (Phi) is 6.26. The van der Waals surface area contributed by atoms with E-state index in [-0.39, 0.29) is 17.6 Å². The van der Waals surface area contributed by atoms with Gasteiger partial charge in [0.25, 0.3) is 0 Å². The van der Waals surface area contributed by atoms with Crippen LogP contribution in [-0.4, -0.2) is 31.3 Å². The van der Waals surface area contributed by atoms with E-state index in [0.29, 0.717) is 6.42 Å². The third-order valence-electron chi connectivity index (χ3n) is 3.66. The van der Waals surface area contributed by atoms with Crippen LogP contribution in [0.5, 0.6) is 0 Å². The summed E-state index contributed by atoms with van der Waals surface area (Å²) in [6.45, 7) is 3.90. The second kappa shape index (κ2) is 7.24. The van der Waals surface area contributed by atoms with E-state index in [0.717, 1.165) is 32.1 Å². The molecule has 0 radical (unpaired) electrons. The lowest BCUT2D eigenvalue weighted by Crippen LogP contribution is -2.47. The van der Waals surface area contributed by atoms with Crippen molar-refractivity contribution in [2.24, 2.45) is 11.8 Å². The van der Waals surface area contributed by atoms with E-state index in [2.05, 4.69) is 4.72 Å². The molecule has 1 aliphatic rings. The van der Waals surface area contributed by atoms with Gasteiger partial charge >= 0.3 is 5.97 Å². The summed E-state index contributed by atoms with van der Waals surface area (Å²) in [5.74, 6) is -0.837. The number of aliphatic carboxylic acids is 1. The van der Waals surface area contributed by atoms with Gasteiger partial charge in [0, 0.05) is 0 Å². The van der Waals surface area contributed by atoms with Gasteiger partial charge in [-0.15, -0.1) is 0 Å². The Hall–Kier alpha value is -0.620. The van der Waals surface area contributed by atoms with Crippen LogP contribution in [0.15, 0.2) is 0 Å². The molecule has 1 aliphatic carbocycles. The summed E-state index contributed by atoms with van der Waals surface area (Å²) < 4.78 is 26.2.